The molecule has 1 aromatic carbocycles. The van der Waals surface area contributed by atoms with Crippen LogP contribution in [0.3, 0.4) is 0 Å². The summed E-state index contributed by atoms with van der Waals surface area (Å²) in [5.74, 6) is 1.73. The fourth-order valence-electron chi connectivity index (χ4n) is 3.66. The molecule has 152 valence electrons. The van der Waals surface area contributed by atoms with Gasteiger partial charge >= 0.3 is 0 Å². The van der Waals surface area contributed by atoms with Crippen LogP contribution in [0.2, 0.25) is 0 Å². The minimum absolute atomic E-state index is 0.708. The van der Waals surface area contributed by atoms with E-state index in [0.29, 0.717) is 6.67 Å². The van der Waals surface area contributed by atoms with Gasteiger partial charge in [-0.1, -0.05) is 0 Å². The van der Waals surface area contributed by atoms with Gasteiger partial charge in [-0.2, -0.15) is 5.10 Å². The Hall–Kier alpha value is -2.71. The van der Waals surface area contributed by atoms with Gasteiger partial charge in [0.2, 0.25) is 0 Å². The normalized spacial score (nSPS) is 14.9. The molecule has 4 rings (SSSR count). The van der Waals surface area contributed by atoms with Crippen LogP contribution < -0.4 is 9.64 Å². The lowest BCUT2D eigenvalue weighted by molar-refractivity contribution is 0.194. The molecule has 2 aromatic heterocycles. The van der Waals surface area contributed by atoms with Gasteiger partial charge in [0, 0.05) is 56.4 Å². The summed E-state index contributed by atoms with van der Waals surface area (Å²) in [4.78, 5) is 8.90. The summed E-state index contributed by atoms with van der Waals surface area (Å²) in [6.45, 7) is 7.51. The number of nitrogens with zero attached hydrogens (tertiary/aromatic N) is 6. The van der Waals surface area contributed by atoms with E-state index in [1.165, 1.54) is 5.69 Å². The second-order valence-corrected chi connectivity index (χ2v) is 7.40. The maximum atomic E-state index is 5.72. The van der Waals surface area contributed by atoms with E-state index in [9.17, 15) is 0 Å². The Kier molecular flexibility index (Phi) is 5.92. The third kappa shape index (κ3) is 4.18. The molecule has 3 aromatic rings. The number of benzene rings is 1. The molecule has 3 heterocycles. The van der Waals surface area contributed by atoms with E-state index in [1.54, 1.807) is 7.11 Å². The van der Waals surface area contributed by atoms with Crippen molar-refractivity contribution in [1.29, 1.82) is 0 Å². The van der Waals surface area contributed by atoms with Gasteiger partial charge in [0.25, 0.3) is 0 Å². The zero-order chi connectivity index (χ0) is 20.2. The monoisotopic (exact) mass is 410 g/mol. The number of pyridine rings is 1. The van der Waals surface area contributed by atoms with Crippen molar-refractivity contribution in [2.24, 2.45) is 0 Å². The predicted molar refractivity (Wildman–Crippen MR) is 117 cm³/mol. The van der Waals surface area contributed by atoms with Crippen LogP contribution in [0.15, 0.2) is 48.8 Å². The minimum Gasteiger partial charge on any atom is -0.497 e. The molecule has 0 saturated carbocycles. The van der Waals surface area contributed by atoms with Crippen LogP contribution in [-0.4, -0.2) is 57.5 Å². The van der Waals surface area contributed by atoms with Crippen molar-refractivity contribution < 1.29 is 4.74 Å². The molecule has 7 nitrogen and oxygen atoms in total. The third-order valence-electron chi connectivity index (χ3n) is 5.32. The number of methoxy groups -OCH3 is 1. The molecule has 0 amide bonds. The van der Waals surface area contributed by atoms with Crippen molar-refractivity contribution >= 4 is 17.9 Å². The second-order valence-electron chi connectivity index (χ2n) is 7.03. The van der Waals surface area contributed by atoms with E-state index in [-0.39, 0.29) is 0 Å². The largest absolute Gasteiger partial charge is 0.497 e. The van der Waals surface area contributed by atoms with Gasteiger partial charge in [-0.15, -0.1) is 0 Å². The number of rotatable bonds is 6. The Morgan fingerprint density at radius 2 is 1.69 bits per heavy atom. The van der Waals surface area contributed by atoms with Crippen molar-refractivity contribution in [3.63, 3.8) is 0 Å². The zero-order valence-electron chi connectivity index (χ0n) is 16.9. The lowest BCUT2D eigenvalue weighted by Gasteiger charge is -2.35. The zero-order valence-corrected chi connectivity index (χ0v) is 17.7. The van der Waals surface area contributed by atoms with Gasteiger partial charge in [-0.05, 0) is 55.5 Å². The summed E-state index contributed by atoms with van der Waals surface area (Å²) in [7, 11) is 1.67. The lowest BCUT2D eigenvalue weighted by Crippen LogP contribution is -2.47. The van der Waals surface area contributed by atoms with Crippen molar-refractivity contribution in [3.8, 4) is 17.1 Å². The quantitative estimate of drug-likeness (QED) is 0.582. The van der Waals surface area contributed by atoms with Crippen LogP contribution in [0, 0.1) is 4.77 Å². The Morgan fingerprint density at radius 3 is 2.31 bits per heavy atom. The topological polar surface area (TPSA) is 51.4 Å². The van der Waals surface area contributed by atoms with E-state index in [1.807, 2.05) is 41.3 Å². The molecule has 1 saturated heterocycles. The highest BCUT2D eigenvalue weighted by Gasteiger charge is 2.19. The summed E-state index contributed by atoms with van der Waals surface area (Å²) in [5, 5.41) is 4.85. The number of aromatic nitrogens is 4. The van der Waals surface area contributed by atoms with E-state index in [4.69, 9.17) is 22.1 Å². The first-order valence-corrected chi connectivity index (χ1v) is 10.3. The van der Waals surface area contributed by atoms with E-state index in [0.717, 1.165) is 54.6 Å². The molecular weight excluding hydrogens is 384 g/mol. The van der Waals surface area contributed by atoms with Crippen LogP contribution >= 0.6 is 12.2 Å². The number of hydrogen-bond acceptors (Lipinski definition) is 6. The van der Waals surface area contributed by atoms with Crippen LogP contribution in [0.5, 0.6) is 5.75 Å². The van der Waals surface area contributed by atoms with Crippen LogP contribution in [0.25, 0.3) is 11.4 Å². The van der Waals surface area contributed by atoms with Crippen molar-refractivity contribution in [2.45, 2.75) is 20.1 Å². The molecule has 1 aliphatic rings. The Bertz CT molecular complexity index is 990. The summed E-state index contributed by atoms with van der Waals surface area (Å²) in [6, 6.07) is 12.1. The first kappa shape index (κ1) is 19.6. The summed E-state index contributed by atoms with van der Waals surface area (Å²) in [5.41, 5.74) is 2.27. The fraction of sp³-hybridized carbons (Fsp3) is 0.381. The molecule has 0 atom stereocenters. The molecule has 0 N–H and O–H groups in total. The van der Waals surface area contributed by atoms with E-state index in [2.05, 4.69) is 38.4 Å². The van der Waals surface area contributed by atoms with Gasteiger partial charge in [0.05, 0.1) is 13.8 Å². The molecule has 8 heteroatoms. The van der Waals surface area contributed by atoms with Gasteiger partial charge < -0.3 is 14.2 Å². The van der Waals surface area contributed by atoms with Gasteiger partial charge in [-0.3, -0.25) is 9.88 Å². The Balaban J connectivity index is 1.48. The van der Waals surface area contributed by atoms with Crippen molar-refractivity contribution in [1.82, 2.24) is 24.2 Å². The average molecular weight is 411 g/mol. The highest BCUT2D eigenvalue weighted by molar-refractivity contribution is 7.71. The predicted octanol–water partition coefficient (Wildman–Crippen LogP) is 3.28. The number of piperazine rings is 1. The van der Waals surface area contributed by atoms with E-state index >= 15 is 0 Å². The van der Waals surface area contributed by atoms with Gasteiger partial charge in [0.1, 0.15) is 5.75 Å². The van der Waals surface area contributed by atoms with Crippen molar-refractivity contribution in [3.05, 3.63) is 53.6 Å². The lowest BCUT2D eigenvalue weighted by atomic mass is 10.2. The summed E-state index contributed by atoms with van der Waals surface area (Å²) >= 11 is 5.72. The maximum absolute atomic E-state index is 5.72. The van der Waals surface area contributed by atoms with Crippen LogP contribution in [-0.2, 0) is 13.2 Å². The smallest absolute Gasteiger partial charge is 0.199 e. The molecule has 1 aliphatic heterocycles. The number of hydrogen-bond donors (Lipinski definition) is 0. The molecule has 0 aliphatic carbocycles. The Labute approximate surface area is 176 Å². The molecule has 1 fully saturated rings. The Morgan fingerprint density at radius 1 is 1.00 bits per heavy atom. The molecule has 0 unspecified atom stereocenters. The molecule has 0 radical (unpaired) electrons. The van der Waals surface area contributed by atoms with E-state index < -0.39 is 0 Å². The standard InChI is InChI=1S/C21H26N6OS/c1-3-26-20(17-4-6-19(28-2)7-5-17)23-27(21(26)29)16-24-12-14-25(15-13-24)18-8-10-22-11-9-18/h4-11H,3,12-16H2,1-2H3. The van der Waals surface area contributed by atoms with Gasteiger partial charge in [0.15, 0.2) is 10.6 Å². The van der Waals surface area contributed by atoms with Crippen molar-refractivity contribution in [2.75, 3.05) is 38.2 Å². The second kappa shape index (κ2) is 8.75. The summed E-state index contributed by atoms with van der Waals surface area (Å²) < 4.78 is 10.1. The average Bonchev–Trinajstić information content (AvgIpc) is 3.10. The SMILES string of the molecule is CCn1c(-c2ccc(OC)cc2)nn(CN2CCN(c3ccncc3)CC2)c1=S. The molecule has 0 spiro atoms. The highest BCUT2D eigenvalue weighted by atomic mass is 32.1. The first-order chi connectivity index (χ1) is 14.2. The highest BCUT2D eigenvalue weighted by Crippen LogP contribution is 2.22. The molecule has 0 bridgehead atoms. The van der Waals surface area contributed by atoms with Crippen LogP contribution in [0.1, 0.15) is 6.92 Å². The van der Waals surface area contributed by atoms with Gasteiger partial charge in [-0.25, -0.2) is 4.68 Å². The minimum atomic E-state index is 0.708. The fourth-order valence-corrected chi connectivity index (χ4v) is 3.98. The molecule has 29 heavy (non-hydrogen) atoms. The molecular formula is C21H26N6OS. The number of anilines is 1. The number of ether oxygens (including phenoxy) is 1. The third-order valence-corrected chi connectivity index (χ3v) is 5.75. The maximum Gasteiger partial charge on any atom is 0.199 e. The summed E-state index contributed by atoms with van der Waals surface area (Å²) in [6.07, 6.45) is 3.69. The van der Waals surface area contributed by atoms with Crippen LogP contribution in [0.4, 0.5) is 5.69 Å². The first-order valence-electron chi connectivity index (χ1n) is 9.89.